The lowest BCUT2D eigenvalue weighted by Crippen LogP contribution is -2.42. The first-order chi connectivity index (χ1) is 14.7. The second-order valence-electron chi connectivity index (χ2n) is 6.65. The molecule has 2 aromatic carbocycles. The molecule has 31 heavy (non-hydrogen) atoms. The van der Waals surface area contributed by atoms with Gasteiger partial charge in [0.1, 0.15) is 18.4 Å². The van der Waals surface area contributed by atoms with Gasteiger partial charge in [0.25, 0.3) is 0 Å². The van der Waals surface area contributed by atoms with Crippen molar-refractivity contribution in [2.45, 2.75) is 24.6 Å². The molecule has 0 fully saturated rings. The van der Waals surface area contributed by atoms with E-state index in [0.717, 1.165) is 0 Å². The maximum atomic E-state index is 12.4. The number of hydrogen-bond acceptors (Lipinski definition) is 6. The van der Waals surface area contributed by atoms with Crippen molar-refractivity contribution in [2.24, 2.45) is 16.6 Å². The van der Waals surface area contributed by atoms with Crippen LogP contribution in [0.5, 0.6) is 5.75 Å². The maximum absolute atomic E-state index is 12.4. The van der Waals surface area contributed by atoms with Gasteiger partial charge in [-0.05, 0) is 34.8 Å². The molecule has 0 aliphatic rings. The molecule has 2 rings (SSSR count). The van der Waals surface area contributed by atoms with E-state index in [-0.39, 0.29) is 18.1 Å². The first kappa shape index (κ1) is 24.0. The molecular formula is C20H26N4O6S. The van der Waals surface area contributed by atoms with E-state index in [9.17, 15) is 18.3 Å². The van der Waals surface area contributed by atoms with E-state index in [1.165, 1.54) is 0 Å². The minimum atomic E-state index is -3.82. The van der Waals surface area contributed by atoms with Crippen LogP contribution in [0.25, 0.3) is 0 Å². The molecule has 0 heterocycles. The number of benzene rings is 2. The minimum Gasteiger partial charge on any atom is -0.493 e. The van der Waals surface area contributed by atoms with Crippen LogP contribution >= 0.6 is 0 Å². The summed E-state index contributed by atoms with van der Waals surface area (Å²) in [4.78, 5) is 16.4. The monoisotopic (exact) mass is 450 g/mol. The molecule has 0 unspecified atom stereocenters. The fourth-order valence-corrected chi connectivity index (χ4v) is 3.95. The Hall–Kier alpha value is -3.31. The van der Waals surface area contributed by atoms with Gasteiger partial charge in [-0.1, -0.05) is 42.5 Å². The van der Waals surface area contributed by atoms with Crippen LogP contribution in [0.4, 0.5) is 0 Å². The Balaban J connectivity index is 1.87. The molecule has 0 aliphatic heterocycles. The lowest BCUT2D eigenvalue weighted by molar-refractivity contribution is -0.138. The average Bonchev–Trinajstić information content (AvgIpc) is 2.71. The average molecular weight is 451 g/mol. The Morgan fingerprint density at radius 2 is 1.71 bits per heavy atom. The number of ether oxygens (including phenoxy) is 1. The van der Waals surface area contributed by atoms with Crippen LogP contribution in [0.3, 0.4) is 0 Å². The highest BCUT2D eigenvalue weighted by atomic mass is 32.2. The molecule has 10 nitrogen and oxygen atoms in total. The minimum absolute atomic E-state index is 0.00398. The number of oxime groups is 1. The van der Waals surface area contributed by atoms with Gasteiger partial charge in [0.05, 0.1) is 12.4 Å². The van der Waals surface area contributed by atoms with Crippen molar-refractivity contribution in [3.05, 3.63) is 65.7 Å². The standard InChI is InChI=1S/C20H26N4O6S/c21-20(22)23-30-12-4-11-29-17-9-7-15(8-10-17)13-18(19(25)26)24-31(27,28)14-16-5-2-1-3-6-16/h1-3,5-10,18,24H,4,11-14H2,(H,25,26)(H4,21,22,23)/t18-/m0/s1. The predicted molar refractivity (Wildman–Crippen MR) is 116 cm³/mol. The molecule has 0 aliphatic carbocycles. The zero-order valence-electron chi connectivity index (χ0n) is 16.8. The largest absolute Gasteiger partial charge is 0.493 e. The summed E-state index contributed by atoms with van der Waals surface area (Å²) in [7, 11) is -3.82. The summed E-state index contributed by atoms with van der Waals surface area (Å²) in [6, 6.07) is 14.0. The van der Waals surface area contributed by atoms with Crippen LogP contribution in [0.1, 0.15) is 17.5 Å². The second-order valence-corrected chi connectivity index (χ2v) is 8.41. The Morgan fingerprint density at radius 3 is 2.32 bits per heavy atom. The number of carboxylic acids is 1. The number of nitrogens with one attached hydrogen (secondary N) is 1. The lowest BCUT2D eigenvalue weighted by atomic mass is 10.1. The lowest BCUT2D eigenvalue weighted by Gasteiger charge is -2.15. The molecule has 1 atom stereocenters. The Labute approximate surface area is 180 Å². The number of sulfonamides is 1. The van der Waals surface area contributed by atoms with Crippen LogP contribution in [0, 0.1) is 0 Å². The number of rotatable bonds is 13. The van der Waals surface area contributed by atoms with Crippen molar-refractivity contribution in [3.8, 4) is 5.75 Å². The summed E-state index contributed by atoms with van der Waals surface area (Å²) in [5.41, 5.74) is 11.5. The summed E-state index contributed by atoms with van der Waals surface area (Å²) in [6.45, 7) is 0.662. The van der Waals surface area contributed by atoms with Crippen LogP contribution in [0.2, 0.25) is 0 Å². The van der Waals surface area contributed by atoms with Crippen molar-refractivity contribution in [1.82, 2.24) is 4.72 Å². The number of hydrogen-bond donors (Lipinski definition) is 4. The normalized spacial score (nSPS) is 12.0. The van der Waals surface area contributed by atoms with Gasteiger partial charge < -0.3 is 26.1 Å². The van der Waals surface area contributed by atoms with E-state index in [1.54, 1.807) is 54.6 Å². The van der Waals surface area contributed by atoms with Crippen LogP contribution < -0.4 is 20.9 Å². The molecule has 0 spiro atoms. The zero-order valence-corrected chi connectivity index (χ0v) is 17.6. The van der Waals surface area contributed by atoms with Crippen LogP contribution in [0.15, 0.2) is 59.8 Å². The van der Waals surface area contributed by atoms with E-state index >= 15 is 0 Å². The van der Waals surface area contributed by atoms with Gasteiger partial charge in [-0.25, -0.2) is 13.1 Å². The molecule has 0 saturated heterocycles. The fraction of sp³-hybridized carbons (Fsp3) is 0.300. The van der Waals surface area contributed by atoms with E-state index in [0.29, 0.717) is 36.5 Å². The van der Waals surface area contributed by atoms with Gasteiger partial charge in [0, 0.05) is 6.42 Å². The molecule has 0 amide bonds. The molecule has 0 radical (unpaired) electrons. The van der Waals surface area contributed by atoms with Crippen molar-refractivity contribution in [2.75, 3.05) is 13.2 Å². The number of nitrogens with zero attached hydrogens (tertiary/aromatic N) is 1. The molecule has 11 heteroatoms. The zero-order chi connectivity index (χ0) is 22.7. The fourth-order valence-electron chi connectivity index (χ4n) is 2.62. The number of guanidine groups is 1. The summed E-state index contributed by atoms with van der Waals surface area (Å²) < 4.78 is 32.5. The third-order valence-electron chi connectivity index (χ3n) is 4.00. The molecular weight excluding hydrogens is 424 g/mol. The smallest absolute Gasteiger partial charge is 0.322 e. The SMILES string of the molecule is NC(N)=NOCCCOc1ccc(C[C@H](NS(=O)(=O)Cc2ccccc2)C(=O)O)cc1. The molecule has 0 saturated carbocycles. The van der Waals surface area contributed by atoms with Gasteiger partial charge in [-0.15, -0.1) is 0 Å². The Kier molecular flexibility index (Phi) is 9.10. The third kappa shape index (κ3) is 9.36. The quantitative estimate of drug-likeness (QED) is 0.150. The highest BCUT2D eigenvalue weighted by Crippen LogP contribution is 2.15. The topological polar surface area (TPSA) is 166 Å². The Bertz CT molecular complexity index is 961. The van der Waals surface area contributed by atoms with E-state index < -0.39 is 22.0 Å². The van der Waals surface area contributed by atoms with E-state index in [1.807, 2.05) is 0 Å². The van der Waals surface area contributed by atoms with Gasteiger partial charge in [-0.2, -0.15) is 0 Å². The number of aliphatic carboxylic acids is 1. The predicted octanol–water partition coefficient (Wildman–Crippen LogP) is 0.776. The molecule has 168 valence electrons. The number of carbonyl (C=O) groups is 1. The first-order valence-electron chi connectivity index (χ1n) is 9.44. The molecule has 0 aromatic heterocycles. The van der Waals surface area contributed by atoms with Crippen molar-refractivity contribution >= 4 is 22.0 Å². The second kappa shape index (κ2) is 11.8. The molecule has 2 aromatic rings. The van der Waals surface area contributed by atoms with Gasteiger partial charge in [-0.3, -0.25) is 4.79 Å². The third-order valence-corrected chi connectivity index (χ3v) is 5.36. The van der Waals surface area contributed by atoms with Crippen molar-refractivity contribution < 1.29 is 27.9 Å². The molecule has 0 bridgehead atoms. The summed E-state index contributed by atoms with van der Waals surface area (Å²) in [5.74, 6) is -1.12. The maximum Gasteiger partial charge on any atom is 0.322 e. The van der Waals surface area contributed by atoms with Gasteiger partial charge in [0.15, 0.2) is 0 Å². The summed E-state index contributed by atoms with van der Waals surface area (Å²) >= 11 is 0. The first-order valence-corrected chi connectivity index (χ1v) is 11.1. The number of carboxylic acid groups (broad SMARTS) is 1. The highest BCUT2D eigenvalue weighted by molar-refractivity contribution is 7.88. The van der Waals surface area contributed by atoms with Crippen LogP contribution in [-0.4, -0.2) is 44.7 Å². The summed E-state index contributed by atoms with van der Waals surface area (Å²) in [6.07, 6.45) is 0.554. The van der Waals surface area contributed by atoms with Gasteiger partial charge in [0.2, 0.25) is 16.0 Å². The van der Waals surface area contributed by atoms with Crippen molar-refractivity contribution in [3.63, 3.8) is 0 Å². The van der Waals surface area contributed by atoms with Crippen molar-refractivity contribution in [1.29, 1.82) is 0 Å². The van der Waals surface area contributed by atoms with E-state index in [2.05, 4.69) is 9.88 Å². The highest BCUT2D eigenvalue weighted by Gasteiger charge is 2.24. The van der Waals surface area contributed by atoms with Crippen LogP contribution in [-0.2, 0) is 31.8 Å². The Morgan fingerprint density at radius 1 is 1.03 bits per heavy atom. The van der Waals surface area contributed by atoms with Gasteiger partial charge >= 0.3 is 5.97 Å². The molecule has 6 N–H and O–H groups in total. The number of nitrogens with two attached hydrogens (primary N) is 2. The summed E-state index contributed by atoms with van der Waals surface area (Å²) in [5, 5.41) is 12.8. The van der Waals surface area contributed by atoms with E-state index in [4.69, 9.17) is 21.0 Å².